The summed E-state index contributed by atoms with van der Waals surface area (Å²) in [7, 11) is 0. The summed E-state index contributed by atoms with van der Waals surface area (Å²) in [6.45, 7) is 5.77. The lowest BCUT2D eigenvalue weighted by atomic mass is 10.0. The average molecular weight is 207 g/mol. The molecule has 0 spiro atoms. The van der Waals surface area contributed by atoms with Crippen molar-refractivity contribution in [3.8, 4) is 0 Å². The number of nitrogens with two attached hydrogens (primary N) is 1. The molecule has 4 heteroatoms. The highest BCUT2D eigenvalue weighted by Gasteiger charge is 2.44. The maximum absolute atomic E-state index is 6.26. The molecule has 1 aromatic heterocycles. The molecular formula is C11H17N3O. The molecule has 2 N–H and O–H groups in total. The van der Waals surface area contributed by atoms with Crippen molar-refractivity contribution in [2.24, 2.45) is 5.73 Å². The molecule has 4 nitrogen and oxygen atoms in total. The predicted molar refractivity (Wildman–Crippen MR) is 56.7 cm³/mol. The van der Waals surface area contributed by atoms with Crippen LogP contribution in [0.3, 0.4) is 0 Å². The minimum atomic E-state index is -0.0724. The standard InChI is InChI=1S/C11H17N3O/c1-7-10(11(12)3-4-11)8(2)14(13-7)9-5-15-6-9/h9H,3-6,12H2,1-2H3. The van der Waals surface area contributed by atoms with Gasteiger partial charge in [0, 0.05) is 16.8 Å². The minimum absolute atomic E-state index is 0.0724. The maximum Gasteiger partial charge on any atom is 0.0988 e. The van der Waals surface area contributed by atoms with Crippen LogP contribution in [-0.2, 0) is 10.3 Å². The zero-order valence-electron chi connectivity index (χ0n) is 9.29. The summed E-state index contributed by atoms with van der Waals surface area (Å²) >= 11 is 0. The summed E-state index contributed by atoms with van der Waals surface area (Å²) in [5, 5.41) is 4.60. The monoisotopic (exact) mass is 207 g/mol. The fraction of sp³-hybridized carbons (Fsp3) is 0.727. The number of hydrogen-bond donors (Lipinski definition) is 1. The van der Waals surface area contributed by atoms with Gasteiger partial charge in [-0.3, -0.25) is 4.68 Å². The van der Waals surface area contributed by atoms with Crippen LogP contribution in [0, 0.1) is 13.8 Å². The van der Waals surface area contributed by atoms with Gasteiger partial charge < -0.3 is 10.5 Å². The Bertz CT molecular complexity index is 402. The molecule has 0 atom stereocenters. The molecule has 82 valence electrons. The fourth-order valence-electron chi connectivity index (χ4n) is 2.49. The van der Waals surface area contributed by atoms with Crippen LogP contribution in [-0.4, -0.2) is 23.0 Å². The molecule has 0 aromatic carbocycles. The van der Waals surface area contributed by atoms with Crippen LogP contribution in [0.25, 0.3) is 0 Å². The molecule has 2 heterocycles. The second-order valence-corrected chi connectivity index (χ2v) is 4.84. The van der Waals surface area contributed by atoms with E-state index in [-0.39, 0.29) is 5.54 Å². The number of nitrogens with zero attached hydrogens (tertiary/aromatic N) is 2. The highest BCUT2D eigenvalue weighted by atomic mass is 16.5. The fourth-order valence-corrected chi connectivity index (χ4v) is 2.49. The van der Waals surface area contributed by atoms with Gasteiger partial charge >= 0.3 is 0 Å². The van der Waals surface area contributed by atoms with Crippen molar-refractivity contribution in [3.63, 3.8) is 0 Å². The number of aryl methyl sites for hydroxylation is 1. The van der Waals surface area contributed by atoms with Crippen molar-refractivity contribution in [1.29, 1.82) is 0 Å². The summed E-state index contributed by atoms with van der Waals surface area (Å²) in [6, 6.07) is 0.430. The molecule has 0 unspecified atom stereocenters. The number of hydrogen-bond acceptors (Lipinski definition) is 3. The van der Waals surface area contributed by atoms with Crippen molar-refractivity contribution in [1.82, 2.24) is 9.78 Å². The predicted octanol–water partition coefficient (Wildman–Crippen LogP) is 1.02. The third-order valence-electron chi connectivity index (χ3n) is 3.58. The Labute approximate surface area is 89.4 Å². The molecule has 2 fully saturated rings. The minimum Gasteiger partial charge on any atom is -0.377 e. The SMILES string of the molecule is Cc1nn(C2COC2)c(C)c1C1(N)CC1. The van der Waals surface area contributed by atoms with Gasteiger partial charge in [-0.1, -0.05) is 0 Å². The van der Waals surface area contributed by atoms with E-state index in [1.807, 2.05) is 0 Å². The molecule has 2 aliphatic rings. The summed E-state index contributed by atoms with van der Waals surface area (Å²) in [4.78, 5) is 0. The number of rotatable bonds is 2. The topological polar surface area (TPSA) is 53.1 Å². The quantitative estimate of drug-likeness (QED) is 0.787. The molecule has 15 heavy (non-hydrogen) atoms. The van der Waals surface area contributed by atoms with Crippen LogP contribution >= 0.6 is 0 Å². The van der Waals surface area contributed by atoms with E-state index in [0.29, 0.717) is 6.04 Å². The first-order valence-corrected chi connectivity index (χ1v) is 5.55. The molecule has 3 rings (SSSR count). The molecule has 1 aromatic rings. The first-order chi connectivity index (χ1) is 7.12. The average Bonchev–Trinajstić information content (AvgIpc) is 2.72. The molecule has 1 aliphatic carbocycles. The summed E-state index contributed by atoms with van der Waals surface area (Å²) in [5.41, 5.74) is 9.79. The molecule has 0 radical (unpaired) electrons. The van der Waals surface area contributed by atoms with E-state index < -0.39 is 0 Å². The zero-order valence-corrected chi connectivity index (χ0v) is 9.29. The van der Waals surface area contributed by atoms with Gasteiger partial charge in [0.05, 0.1) is 24.9 Å². The van der Waals surface area contributed by atoms with Crippen LogP contribution in [0.2, 0.25) is 0 Å². The van der Waals surface area contributed by atoms with Gasteiger partial charge in [0.25, 0.3) is 0 Å². The third kappa shape index (κ3) is 1.25. The Balaban J connectivity index is 2.03. The van der Waals surface area contributed by atoms with E-state index in [1.165, 1.54) is 11.3 Å². The van der Waals surface area contributed by atoms with Gasteiger partial charge in [0.1, 0.15) is 0 Å². The van der Waals surface area contributed by atoms with Crippen LogP contribution in [0.1, 0.15) is 35.8 Å². The molecule has 1 saturated carbocycles. The Hall–Kier alpha value is -0.870. The first-order valence-electron chi connectivity index (χ1n) is 5.55. The lowest BCUT2D eigenvalue weighted by Gasteiger charge is -2.27. The van der Waals surface area contributed by atoms with Crippen molar-refractivity contribution in [2.45, 2.75) is 38.3 Å². The molecule has 1 aliphatic heterocycles. The highest BCUT2D eigenvalue weighted by Crippen LogP contribution is 2.45. The third-order valence-corrected chi connectivity index (χ3v) is 3.58. The Morgan fingerprint density at radius 2 is 2.07 bits per heavy atom. The van der Waals surface area contributed by atoms with Crippen molar-refractivity contribution >= 4 is 0 Å². The second-order valence-electron chi connectivity index (χ2n) is 4.84. The molecular weight excluding hydrogens is 190 g/mol. The van der Waals surface area contributed by atoms with Gasteiger partial charge in [0.2, 0.25) is 0 Å². The number of ether oxygens (including phenoxy) is 1. The van der Waals surface area contributed by atoms with Crippen LogP contribution in [0.15, 0.2) is 0 Å². The first kappa shape index (κ1) is 9.36. The zero-order chi connectivity index (χ0) is 10.6. The van der Waals surface area contributed by atoms with Crippen molar-refractivity contribution in [3.05, 3.63) is 17.0 Å². The van der Waals surface area contributed by atoms with E-state index in [2.05, 4.69) is 23.6 Å². The molecule has 1 saturated heterocycles. The number of aromatic nitrogens is 2. The Kier molecular flexibility index (Phi) is 1.77. The van der Waals surface area contributed by atoms with E-state index in [1.54, 1.807) is 0 Å². The van der Waals surface area contributed by atoms with Gasteiger partial charge in [0.15, 0.2) is 0 Å². The van der Waals surface area contributed by atoms with Gasteiger partial charge in [-0.15, -0.1) is 0 Å². The normalized spacial score (nSPS) is 23.9. The van der Waals surface area contributed by atoms with Crippen molar-refractivity contribution in [2.75, 3.05) is 13.2 Å². The summed E-state index contributed by atoms with van der Waals surface area (Å²) in [6.07, 6.45) is 2.20. The van der Waals surface area contributed by atoms with Crippen molar-refractivity contribution < 1.29 is 4.74 Å². The Morgan fingerprint density at radius 1 is 1.40 bits per heavy atom. The summed E-state index contributed by atoms with van der Waals surface area (Å²) in [5.74, 6) is 0. The second kappa shape index (κ2) is 2.83. The van der Waals surface area contributed by atoms with Gasteiger partial charge in [-0.05, 0) is 26.7 Å². The van der Waals surface area contributed by atoms with Crippen LogP contribution in [0.4, 0.5) is 0 Å². The highest BCUT2D eigenvalue weighted by molar-refractivity contribution is 5.37. The lowest BCUT2D eigenvalue weighted by Crippen LogP contribution is -2.32. The molecule has 0 amide bonds. The van der Waals surface area contributed by atoms with Crippen LogP contribution < -0.4 is 5.73 Å². The van der Waals surface area contributed by atoms with Crippen LogP contribution in [0.5, 0.6) is 0 Å². The van der Waals surface area contributed by atoms with E-state index in [4.69, 9.17) is 10.5 Å². The van der Waals surface area contributed by atoms with E-state index in [9.17, 15) is 0 Å². The lowest BCUT2D eigenvalue weighted by molar-refractivity contribution is -0.0296. The van der Waals surface area contributed by atoms with E-state index >= 15 is 0 Å². The Morgan fingerprint density at radius 3 is 2.53 bits per heavy atom. The van der Waals surface area contributed by atoms with E-state index in [0.717, 1.165) is 31.7 Å². The maximum atomic E-state index is 6.26. The molecule has 0 bridgehead atoms. The smallest absolute Gasteiger partial charge is 0.0988 e. The summed E-state index contributed by atoms with van der Waals surface area (Å²) < 4.78 is 7.30. The van der Waals surface area contributed by atoms with Gasteiger partial charge in [-0.25, -0.2) is 0 Å². The van der Waals surface area contributed by atoms with Gasteiger partial charge in [-0.2, -0.15) is 5.10 Å². The largest absolute Gasteiger partial charge is 0.377 e.